The van der Waals surface area contributed by atoms with Crippen LogP contribution in [0.15, 0.2) is 16.9 Å². The number of halogens is 1. The maximum atomic E-state index is 6.04. The van der Waals surface area contributed by atoms with Crippen LogP contribution in [0, 0.1) is 0 Å². The van der Waals surface area contributed by atoms with Gasteiger partial charge in [0.1, 0.15) is 0 Å². The number of anilines is 2. The van der Waals surface area contributed by atoms with Crippen LogP contribution in [0.5, 0.6) is 0 Å². The monoisotopic (exact) mass is 312 g/mol. The molecule has 0 unspecified atom stereocenters. The van der Waals surface area contributed by atoms with Gasteiger partial charge in [-0.05, 0) is 35.3 Å². The van der Waals surface area contributed by atoms with Gasteiger partial charge in [-0.2, -0.15) is 0 Å². The lowest BCUT2D eigenvalue weighted by Gasteiger charge is -2.38. The lowest BCUT2D eigenvalue weighted by atomic mass is 10.0. The molecule has 1 fully saturated rings. The summed E-state index contributed by atoms with van der Waals surface area (Å²) in [5.41, 5.74) is 7.85. The summed E-state index contributed by atoms with van der Waals surface area (Å²) < 4.78 is 0.975. The number of nitrogens with zero attached hydrogens (tertiary/aromatic N) is 3. The summed E-state index contributed by atoms with van der Waals surface area (Å²) in [6.07, 6.45) is 5.91. The van der Waals surface area contributed by atoms with Crippen molar-refractivity contribution in [3.05, 3.63) is 16.9 Å². The van der Waals surface area contributed by atoms with Gasteiger partial charge in [-0.1, -0.05) is 6.92 Å². The van der Waals surface area contributed by atoms with Crippen LogP contribution >= 0.6 is 15.9 Å². The molecular weight excluding hydrogens is 292 g/mol. The molecule has 1 aromatic heterocycles. The lowest BCUT2D eigenvalue weighted by molar-refractivity contribution is 0.221. The highest BCUT2D eigenvalue weighted by Gasteiger charge is 2.24. The van der Waals surface area contributed by atoms with E-state index in [-0.39, 0.29) is 0 Å². The maximum Gasteiger partial charge on any atom is 0.0775 e. The van der Waals surface area contributed by atoms with Gasteiger partial charge in [0.15, 0.2) is 0 Å². The molecule has 5 heteroatoms. The number of likely N-dealkylation sites (tertiary alicyclic amines) is 1. The van der Waals surface area contributed by atoms with Gasteiger partial charge < -0.3 is 15.5 Å². The average Bonchev–Trinajstić information content (AvgIpc) is 2.38. The van der Waals surface area contributed by atoms with E-state index in [1.165, 1.54) is 25.9 Å². The molecule has 0 atom stereocenters. The van der Waals surface area contributed by atoms with Crippen LogP contribution in [0.1, 0.15) is 19.8 Å². The highest BCUT2D eigenvalue weighted by molar-refractivity contribution is 9.10. The summed E-state index contributed by atoms with van der Waals surface area (Å²) in [7, 11) is 2.13. The van der Waals surface area contributed by atoms with E-state index < -0.39 is 0 Å². The Hall–Kier alpha value is -0.810. The van der Waals surface area contributed by atoms with Crippen LogP contribution in [-0.4, -0.2) is 42.6 Å². The second-order valence-corrected chi connectivity index (χ2v) is 5.69. The van der Waals surface area contributed by atoms with E-state index in [2.05, 4.69) is 44.7 Å². The summed E-state index contributed by atoms with van der Waals surface area (Å²) >= 11 is 3.55. The average molecular weight is 313 g/mol. The summed E-state index contributed by atoms with van der Waals surface area (Å²) in [6.45, 7) is 5.72. The molecule has 0 bridgehead atoms. The van der Waals surface area contributed by atoms with E-state index in [4.69, 9.17) is 5.73 Å². The molecule has 0 aliphatic carbocycles. The zero-order valence-corrected chi connectivity index (χ0v) is 12.7. The Morgan fingerprint density at radius 1 is 1.44 bits per heavy atom. The fourth-order valence-electron chi connectivity index (χ4n) is 2.62. The van der Waals surface area contributed by atoms with Crippen molar-refractivity contribution in [3.63, 3.8) is 0 Å². The first kappa shape index (κ1) is 13.6. The van der Waals surface area contributed by atoms with E-state index in [0.29, 0.717) is 6.04 Å². The maximum absolute atomic E-state index is 6.04. The van der Waals surface area contributed by atoms with E-state index in [0.717, 1.165) is 22.4 Å². The van der Waals surface area contributed by atoms with Crippen LogP contribution < -0.4 is 10.6 Å². The minimum Gasteiger partial charge on any atom is -0.396 e. The largest absolute Gasteiger partial charge is 0.396 e. The van der Waals surface area contributed by atoms with Crippen molar-refractivity contribution in [2.24, 2.45) is 0 Å². The zero-order chi connectivity index (χ0) is 13.1. The molecular formula is C13H21BrN4. The molecule has 2 N–H and O–H groups in total. The van der Waals surface area contributed by atoms with Crippen molar-refractivity contribution in [2.75, 3.05) is 37.3 Å². The Kier molecular flexibility index (Phi) is 4.45. The highest BCUT2D eigenvalue weighted by atomic mass is 79.9. The smallest absolute Gasteiger partial charge is 0.0775 e. The topological polar surface area (TPSA) is 45.4 Å². The Labute approximate surface area is 117 Å². The third-order valence-electron chi connectivity index (χ3n) is 3.81. The van der Waals surface area contributed by atoms with Crippen LogP contribution in [-0.2, 0) is 0 Å². The van der Waals surface area contributed by atoms with Gasteiger partial charge in [-0.3, -0.25) is 4.98 Å². The van der Waals surface area contributed by atoms with Crippen molar-refractivity contribution < 1.29 is 0 Å². The van der Waals surface area contributed by atoms with E-state index >= 15 is 0 Å². The summed E-state index contributed by atoms with van der Waals surface area (Å²) in [5.74, 6) is 0. The number of piperidine rings is 1. The Morgan fingerprint density at radius 3 is 2.67 bits per heavy atom. The molecule has 1 aliphatic heterocycles. The first-order valence-electron chi connectivity index (χ1n) is 6.47. The second kappa shape index (κ2) is 5.89. The molecule has 0 amide bonds. The molecule has 0 aromatic carbocycles. The van der Waals surface area contributed by atoms with Gasteiger partial charge in [-0.25, -0.2) is 0 Å². The predicted octanol–water partition coefficient (Wildman–Crippen LogP) is 2.35. The number of hydrogen-bond acceptors (Lipinski definition) is 4. The molecule has 2 rings (SSSR count). The highest BCUT2D eigenvalue weighted by Crippen LogP contribution is 2.33. The Balaban J connectivity index is 2.10. The van der Waals surface area contributed by atoms with Crippen LogP contribution in [0.25, 0.3) is 0 Å². The zero-order valence-electron chi connectivity index (χ0n) is 11.1. The minimum absolute atomic E-state index is 0.564. The standard InChI is InChI=1S/C13H21BrN4/c1-3-18-6-4-10(5-7-18)17(2)13-11(14)8-16-9-12(13)15/h8-10H,3-7,15H2,1-2H3. The number of pyridine rings is 1. The molecule has 0 radical (unpaired) electrons. The van der Waals surface area contributed by atoms with Gasteiger partial charge in [0.25, 0.3) is 0 Å². The van der Waals surface area contributed by atoms with Crippen molar-refractivity contribution >= 4 is 27.3 Å². The van der Waals surface area contributed by atoms with E-state index in [9.17, 15) is 0 Å². The molecule has 18 heavy (non-hydrogen) atoms. The third-order valence-corrected chi connectivity index (χ3v) is 4.39. The molecule has 1 aromatic rings. The van der Waals surface area contributed by atoms with Crippen molar-refractivity contribution in [1.29, 1.82) is 0 Å². The van der Waals surface area contributed by atoms with Crippen LogP contribution in [0.3, 0.4) is 0 Å². The van der Waals surface area contributed by atoms with Gasteiger partial charge >= 0.3 is 0 Å². The van der Waals surface area contributed by atoms with E-state index in [1.54, 1.807) is 6.20 Å². The molecule has 1 aliphatic rings. The van der Waals surface area contributed by atoms with Crippen LogP contribution in [0.2, 0.25) is 0 Å². The van der Waals surface area contributed by atoms with Gasteiger partial charge in [0.2, 0.25) is 0 Å². The first-order valence-corrected chi connectivity index (χ1v) is 7.27. The summed E-state index contributed by atoms with van der Waals surface area (Å²) in [4.78, 5) is 8.89. The van der Waals surface area contributed by atoms with Crippen molar-refractivity contribution in [2.45, 2.75) is 25.8 Å². The fourth-order valence-corrected chi connectivity index (χ4v) is 3.25. The molecule has 4 nitrogen and oxygen atoms in total. The Bertz CT molecular complexity index is 382. The normalized spacial score (nSPS) is 17.9. The number of aromatic nitrogens is 1. The molecule has 100 valence electrons. The SMILES string of the molecule is CCN1CCC(N(C)c2c(N)cncc2Br)CC1. The number of nitrogen functional groups attached to an aromatic ring is 1. The second-order valence-electron chi connectivity index (χ2n) is 4.84. The predicted molar refractivity (Wildman–Crippen MR) is 79.9 cm³/mol. The number of nitrogens with two attached hydrogens (primary N) is 1. The quantitative estimate of drug-likeness (QED) is 0.930. The van der Waals surface area contributed by atoms with Gasteiger partial charge in [0, 0.05) is 32.4 Å². The lowest BCUT2D eigenvalue weighted by Crippen LogP contribution is -2.43. The van der Waals surface area contributed by atoms with Crippen molar-refractivity contribution in [3.8, 4) is 0 Å². The third kappa shape index (κ3) is 2.78. The molecule has 0 spiro atoms. The number of hydrogen-bond donors (Lipinski definition) is 1. The number of rotatable bonds is 3. The molecule has 1 saturated heterocycles. The fraction of sp³-hybridized carbons (Fsp3) is 0.615. The van der Waals surface area contributed by atoms with E-state index in [1.807, 2.05) is 6.20 Å². The minimum atomic E-state index is 0.564. The summed E-state index contributed by atoms with van der Waals surface area (Å²) in [5, 5.41) is 0. The van der Waals surface area contributed by atoms with Crippen LogP contribution in [0.4, 0.5) is 11.4 Å². The molecule has 0 saturated carbocycles. The van der Waals surface area contributed by atoms with Crippen molar-refractivity contribution in [1.82, 2.24) is 9.88 Å². The summed E-state index contributed by atoms with van der Waals surface area (Å²) in [6, 6.07) is 0.564. The Morgan fingerprint density at radius 2 is 2.11 bits per heavy atom. The first-order chi connectivity index (χ1) is 8.63. The van der Waals surface area contributed by atoms with Gasteiger partial charge in [-0.15, -0.1) is 0 Å². The molecule has 2 heterocycles. The van der Waals surface area contributed by atoms with Gasteiger partial charge in [0.05, 0.1) is 22.0 Å².